The van der Waals surface area contributed by atoms with Gasteiger partial charge < -0.3 is 10.6 Å². The number of hydrogen-bond acceptors (Lipinski definition) is 4. The molecule has 2 heterocycles. The molecular weight excluding hydrogens is 276 g/mol. The lowest BCUT2D eigenvalue weighted by atomic mass is 9.68. The largest absolute Gasteiger partial charge is 0.313 e. The standard InChI is InChI=1S/C18H26N2O2/c21-17-9-3-1-5-19-15(9)11-7-14-12(8-13(11)17)16-10(18(14)22)4-2-6-20-16/h9-16,19-20H,1-8H2. The zero-order valence-corrected chi connectivity index (χ0v) is 13.1. The van der Waals surface area contributed by atoms with Crippen molar-refractivity contribution in [2.45, 2.75) is 50.6 Å². The first-order chi connectivity index (χ1) is 10.8. The van der Waals surface area contributed by atoms with E-state index in [4.69, 9.17) is 0 Å². The van der Waals surface area contributed by atoms with E-state index in [2.05, 4.69) is 10.6 Å². The van der Waals surface area contributed by atoms with E-state index in [1.54, 1.807) is 0 Å². The number of piperidine rings is 2. The molecule has 0 aromatic carbocycles. The predicted molar refractivity (Wildman–Crippen MR) is 82.2 cm³/mol. The number of ketones is 2. The zero-order valence-electron chi connectivity index (χ0n) is 13.1. The van der Waals surface area contributed by atoms with E-state index in [0.29, 0.717) is 35.5 Å². The molecule has 120 valence electrons. The highest BCUT2D eigenvalue weighted by atomic mass is 16.1. The first kappa shape index (κ1) is 13.7. The summed E-state index contributed by atoms with van der Waals surface area (Å²) < 4.78 is 0. The van der Waals surface area contributed by atoms with E-state index in [-0.39, 0.29) is 23.7 Å². The number of hydrogen-bond donors (Lipinski definition) is 2. The number of rotatable bonds is 0. The molecule has 5 fully saturated rings. The molecule has 2 aliphatic heterocycles. The lowest BCUT2D eigenvalue weighted by molar-refractivity contribution is -0.129. The summed E-state index contributed by atoms with van der Waals surface area (Å²) in [6, 6.07) is 0.742. The van der Waals surface area contributed by atoms with Crippen molar-refractivity contribution < 1.29 is 9.59 Å². The molecule has 0 radical (unpaired) electrons. The molecule has 0 spiro atoms. The molecule has 5 rings (SSSR count). The fourth-order valence-electron chi connectivity index (χ4n) is 6.63. The summed E-state index contributed by atoms with van der Waals surface area (Å²) in [6.07, 6.45) is 6.34. The Morgan fingerprint density at radius 2 is 1.14 bits per heavy atom. The number of carbonyl (C=O) groups excluding carboxylic acids is 2. The lowest BCUT2D eigenvalue weighted by Gasteiger charge is -2.39. The monoisotopic (exact) mass is 302 g/mol. The van der Waals surface area contributed by atoms with Crippen molar-refractivity contribution >= 4 is 11.6 Å². The molecule has 0 amide bonds. The predicted octanol–water partition coefficient (Wildman–Crippen LogP) is 1.15. The number of Topliss-reactive ketones (excluding diaryl/α,β-unsaturated/α-hetero) is 2. The van der Waals surface area contributed by atoms with Gasteiger partial charge in [-0.15, -0.1) is 0 Å². The molecular formula is C18H26N2O2. The molecule has 0 aromatic rings. The second-order valence-corrected chi connectivity index (χ2v) is 8.27. The third-order valence-electron chi connectivity index (χ3n) is 7.48. The van der Waals surface area contributed by atoms with Crippen molar-refractivity contribution in [1.82, 2.24) is 10.6 Å². The van der Waals surface area contributed by atoms with Crippen molar-refractivity contribution in [3.63, 3.8) is 0 Å². The van der Waals surface area contributed by atoms with Crippen LogP contribution in [0.4, 0.5) is 0 Å². The van der Waals surface area contributed by atoms with Crippen LogP contribution in [0.3, 0.4) is 0 Å². The van der Waals surface area contributed by atoms with Crippen molar-refractivity contribution in [1.29, 1.82) is 0 Å². The average molecular weight is 302 g/mol. The quantitative estimate of drug-likeness (QED) is 0.705. The van der Waals surface area contributed by atoms with E-state index in [0.717, 1.165) is 51.6 Å². The molecule has 2 N–H and O–H groups in total. The zero-order chi connectivity index (χ0) is 14.8. The first-order valence-electron chi connectivity index (χ1n) is 9.30. The SMILES string of the molecule is O=C1C2CC3C(CC2C2NCCCC12)C(=O)C1CCCNC13. The fraction of sp³-hybridized carbons (Fsp3) is 0.889. The van der Waals surface area contributed by atoms with Crippen molar-refractivity contribution in [2.75, 3.05) is 13.1 Å². The minimum absolute atomic E-state index is 0.233. The van der Waals surface area contributed by atoms with Gasteiger partial charge in [-0.2, -0.15) is 0 Å². The third kappa shape index (κ3) is 1.71. The Hall–Kier alpha value is -0.740. The topological polar surface area (TPSA) is 58.2 Å². The number of carbonyl (C=O) groups is 2. The molecule has 3 saturated carbocycles. The average Bonchev–Trinajstić information content (AvgIpc) is 3.01. The highest BCUT2D eigenvalue weighted by Gasteiger charge is 2.60. The van der Waals surface area contributed by atoms with Crippen LogP contribution < -0.4 is 10.6 Å². The van der Waals surface area contributed by atoms with E-state index >= 15 is 0 Å². The molecule has 8 atom stereocenters. The molecule has 3 aliphatic carbocycles. The Bertz CT molecular complexity index is 473. The van der Waals surface area contributed by atoms with Gasteiger partial charge in [0.15, 0.2) is 0 Å². The molecule has 8 unspecified atom stereocenters. The van der Waals surface area contributed by atoms with E-state index in [1.807, 2.05) is 0 Å². The van der Waals surface area contributed by atoms with Crippen LogP contribution in [0.5, 0.6) is 0 Å². The molecule has 4 nitrogen and oxygen atoms in total. The van der Waals surface area contributed by atoms with Crippen LogP contribution in [0.25, 0.3) is 0 Å². The van der Waals surface area contributed by atoms with Crippen LogP contribution in [-0.4, -0.2) is 36.7 Å². The highest BCUT2D eigenvalue weighted by Crippen LogP contribution is 2.54. The highest BCUT2D eigenvalue weighted by molar-refractivity contribution is 5.90. The van der Waals surface area contributed by atoms with Gasteiger partial charge in [0.25, 0.3) is 0 Å². The maximum atomic E-state index is 12.9. The number of nitrogens with one attached hydrogen (secondary N) is 2. The van der Waals surface area contributed by atoms with Crippen LogP contribution in [0.1, 0.15) is 38.5 Å². The number of fused-ring (bicyclic) bond motifs is 6. The molecule has 2 saturated heterocycles. The maximum absolute atomic E-state index is 12.9. The lowest BCUT2D eigenvalue weighted by Crippen LogP contribution is -2.47. The van der Waals surface area contributed by atoms with Gasteiger partial charge in [-0.05, 0) is 63.5 Å². The molecule has 22 heavy (non-hydrogen) atoms. The van der Waals surface area contributed by atoms with Crippen molar-refractivity contribution in [3.8, 4) is 0 Å². The summed E-state index contributed by atoms with van der Waals surface area (Å²) in [4.78, 5) is 25.7. The minimum Gasteiger partial charge on any atom is -0.313 e. The summed E-state index contributed by atoms with van der Waals surface area (Å²) >= 11 is 0. The van der Waals surface area contributed by atoms with E-state index < -0.39 is 0 Å². The summed E-state index contributed by atoms with van der Waals surface area (Å²) in [6.45, 7) is 2.10. The van der Waals surface area contributed by atoms with E-state index in [9.17, 15) is 9.59 Å². The van der Waals surface area contributed by atoms with Gasteiger partial charge >= 0.3 is 0 Å². The van der Waals surface area contributed by atoms with Gasteiger partial charge in [-0.3, -0.25) is 9.59 Å². The minimum atomic E-state index is 0.233. The summed E-state index contributed by atoms with van der Waals surface area (Å²) in [7, 11) is 0. The Kier molecular flexibility index (Phi) is 3.03. The maximum Gasteiger partial charge on any atom is 0.140 e. The van der Waals surface area contributed by atoms with Gasteiger partial charge in [-0.1, -0.05) is 0 Å². The fourth-order valence-corrected chi connectivity index (χ4v) is 6.63. The molecule has 0 aromatic heterocycles. The van der Waals surface area contributed by atoms with Crippen LogP contribution in [0, 0.1) is 35.5 Å². The van der Waals surface area contributed by atoms with Gasteiger partial charge in [0.1, 0.15) is 11.6 Å². The second kappa shape index (κ2) is 4.88. The van der Waals surface area contributed by atoms with Crippen molar-refractivity contribution in [3.05, 3.63) is 0 Å². The smallest absolute Gasteiger partial charge is 0.140 e. The second-order valence-electron chi connectivity index (χ2n) is 8.27. The first-order valence-corrected chi connectivity index (χ1v) is 9.30. The van der Waals surface area contributed by atoms with Crippen LogP contribution in [-0.2, 0) is 9.59 Å². The van der Waals surface area contributed by atoms with Gasteiger partial charge in [0, 0.05) is 35.8 Å². The van der Waals surface area contributed by atoms with Gasteiger partial charge in [0.05, 0.1) is 0 Å². The Labute approximate surface area is 131 Å². The molecule has 4 heteroatoms. The summed E-state index contributed by atoms with van der Waals surface area (Å²) in [5.41, 5.74) is 0. The Morgan fingerprint density at radius 1 is 0.682 bits per heavy atom. The Balaban J connectivity index is 1.45. The van der Waals surface area contributed by atoms with Crippen LogP contribution in [0.2, 0.25) is 0 Å². The van der Waals surface area contributed by atoms with Crippen LogP contribution in [0.15, 0.2) is 0 Å². The van der Waals surface area contributed by atoms with Crippen molar-refractivity contribution in [2.24, 2.45) is 35.5 Å². The summed E-state index contributed by atoms with van der Waals surface area (Å²) in [5, 5.41) is 7.24. The molecule has 5 aliphatic rings. The Morgan fingerprint density at radius 3 is 1.59 bits per heavy atom. The van der Waals surface area contributed by atoms with Crippen LogP contribution >= 0.6 is 0 Å². The summed E-state index contributed by atoms with van der Waals surface area (Å²) in [5.74, 6) is 2.86. The normalized spacial score (nSPS) is 53.6. The van der Waals surface area contributed by atoms with Gasteiger partial charge in [0.2, 0.25) is 0 Å². The third-order valence-corrected chi connectivity index (χ3v) is 7.48. The van der Waals surface area contributed by atoms with E-state index in [1.165, 1.54) is 0 Å². The van der Waals surface area contributed by atoms with Gasteiger partial charge in [-0.25, -0.2) is 0 Å². The molecule has 0 bridgehead atoms.